The Kier molecular flexibility index (Phi) is 2.76. The standard InChI is InChI=1S/C10H12N4O2S/c1-17(15,16)14-8-4-2-7(3-5-8)9-6-10(11)13-12-9/h2-6,14H,1H3,(H3,11,12,13). The molecule has 0 saturated carbocycles. The van der Waals surface area contributed by atoms with Crippen LogP contribution < -0.4 is 10.5 Å². The Morgan fingerprint density at radius 3 is 2.41 bits per heavy atom. The fourth-order valence-electron chi connectivity index (χ4n) is 1.42. The Balaban J connectivity index is 2.24. The third-order valence-corrected chi connectivity index (χ3v) is 2.70. The molecule has 6 nitrogen and oxygen atoms in total. The zero-order chi connectivity index (χ0) is 12.5. The number of nitrogens with one attached hydrogen (secondary N) is 2. The van der Waals surface area contributed by atoms with Crippen molar-refractivity contribution < 1.29 is 8.42 Å². The molecule has 0 aliphatic rings. The molecule has 17 heavy (non-hydrogen) atoms. The minimum absolute atomic E-state index is 0.415. The molecule has 0 aliphatic carbocycles. The monoisotopic (exact) mass is 252 g/mol. The van der Waals surface area contributed by atoms with E-state index in [1.54, 1.807) is 30.3 Å². The first kappa shape index (κ1) is 11.5. The summed E-state index contributed by atoms with van der Waals surface area (Å²) in [6.45, 7) is 0. The molecule has 4 N–H and O–H groups in total. The second kappa shape index (κ2) is 4.10. The van der Waals surface area contributed by atoms with Crippen molar-refractivity contribution in [3.05, 3.63) is 30.3 Å². The molecule has 2 rings (SSSR count). The summed E-state index contributed by atoms with van der Waals surface area (Å²) in [4.78, 5) is 0. The minimum Gasteiger partial charge on any atom is -0.382 e. The molecule has 0 fully saturated rings. The van der Waals surface area contributed by atoms with Gasteiger partial charge in [-0.1, -0.05) is 12.1 Å². The van der Waals surface area contributed by atoms with Crippen LogP contribution in [0.15, 0.2) is 30.3 Å². The molecular weight excluding hydrogens is 240 g/mol. The van der Waals surface area contributed by atoms with Gasteiger partial charge in [-0.05, 0) is 17.7 Å². The van der Waals surface area contributed by atoms with Crippen LogP contribution in [-0.2, 0) is 10.0 Å². The Labute approximate surface area is 98.9 Å². The summed E-state index contributed by atoms with van der Waals surface area (Å²) in [5.74, 6) is 0.415. The van der Waals surface area contributed by atoms with Crippen molar-refractivity contribution in [1.82, 2.24) is 10.2 Å². The molecule has 0 aliphatic heterocycles. The van der Waals surface area contributed by atoms with Gasteiger partial charge in [0.1, 0.15) is 5.82 Å². The van der Waals surface area contributed by atoms with E-state index in [1.807, 2.05) is 0 Å². The fourth-order valence-corrected chi connectivity index (χ4v) is 1.98. The molecule has 0 radical (unpaired) electrons. The van der Waals surface area contributed by atoms with Gasteiger partial charge in [0.15, 0.2) is 0 Å². The number of hydrogen-bond acceptors (Lipinski definition) is 4. The molecule has 0 atom stereocenters. The van der Waals surface area contributed by atoms with Crippen LogP contribution in [-0.4, -0.2) is 24.9 Å². The van der Waals surface area contributed by atoms with Gasteiger partial charge in [0, 0.05) is 11.8 Å². The second-order valence-corrected chi connectivity index (χ2v) is 5.41. The fraction of sp³-hybridized carbons (Fsp3) is 0.100. The van der Waals surface area contributed by atoms with Crippen LogP contribution in [0.5, 0.6) is 0 Å². The first-order chi connectivity index (χ1) is 7.94. The zero-order valence-corrected chi connectivity index (χ0v) is 9.95. The molecule has 0 amide bonds. The number of anilines is 2. The van der Waals surface area contributed by atoms with Crippen molar-refractivity contribution in [1.29, 1.82) is 0 Å². The summed E-state index contributed by atoms with van der Waals surface area (Å²) >= 11 is 0. The van der Waals surface area contributed by atoms with Gasteiger partial charge < -0.3 is 5.73 Å². The minimum atomic E-state index is -3.24. The van der Waals surface area contributed by atoms with Gasteiger partial charge in [0.2, 0.25) is 10.0 Å². The summed E-state index contributed by atoms with van der Waals surface area (Å²) in [5.41, 5.74) is 7.68. The van der Waals surface area contributed by atoms with E-state index in [0.717, 1.165) is 17.5 Å². The number of nitrogen functional groups attached to an aromatic ring is 1. The van der Waals surface area contributed by atoms with Crippen molar-refractivity contribution >= 4 is 21.5 Å². The molecule has 0 unspecified atom stereocenters. The highest BCUT2D eigenvalue weighted by Gasteiger charge is 2.04. The van der Waals surface area contributed by atoms with Crippen molar-refractivity contribution in [2.75, 3.05) is 16.7 Å². The van der Waals surface area contributed by atoms with Gasteiger partial charge in [0.05, 0.1) is 11.9 Å². The predicted octanol–water partition coefficient (Wildman–Crippen LogP) is 1.03. The lowest BCUT2D eigenvalue weighted by Gasteiger charge is -2.04. The zero-order valence-electron chi connectivity index (χ0n) is 9.14. The maximum absolute atomic E-state index is 11.0. The van der Waals surface area contributed by atoms with E-state index >= 15 is 0 Å². The number of nitrogens with two attached hydrogens (primary N) is 1. The smallest absolute Gasteiger partial charge is 0.229 e. The van der Waals surface area contributed by atoms with Crippen LogP contribution in [0.2, 0.25) is 0 Å². The average molecular weight is 252 g/mol. The summed E-state index contributed by atoms with van der Waals surface area (Å²) in [7, 11) is -3.24. The molecule has 2 aromatic rings. The summed E-state index contributed by atoms with van der Waals surface area (Å²) in [5, 5.41) is 6.59. The molecule has 0 saturated heterocycles. The largest absolute Gasteiger partial charge is 0.382 e. The third kappa shape index (κ3) is 2.97. The number of aromatic amines is 1. The highest BCUT2D eigenvalue weighted by Crippen LogP contribution is 2.20. The second-order valence-electron chi connectivity index (χ2n) is 3.66. The number of sulfonamides is 1. The van der Waals surface area contributed by atoms with E-state index in [1.165, 1.54) is 0 Å². The van der Waals surface area contributed by atoms with Crippen LogP contribution in [0.3, 0.4) is 0 Å². The average Bonchev–Trinajstić information content (AvgIpc) is 2.63. The predicted molar refractivity (Wildman–Crippen MR) is 66.9 cm³/mol. The Bertz CT molecular complexity index is 616. The van der Waals surface area contributed by atoms with E-state index < -0.39 is 10.0 Å². The van der Waals surface area contributed by atoms with Gasteiger partial charge >= 0.3 is 0 Å². The van der Waals surface area contributed by atoms with Crippen LogP contribution in [0, 0.1) is 0 Å². The summed E-state index contributed by atoms with van der Waals surface area (Å²) < 4.78 is 24.4. The first-order valence-electron chi connectivity index (χ1n) is 4.83. The highest BCUT2D eigenvalue weighted by molar-refractivity contribution is 7.92. The number of rotatable bonds is 3. The van der Waals surface area contributed by atoms with Gasteiger partial charge in [-0.2, -0.15) is 5.10 Å². The molecule has 7 heteroatoms. The Morgan fingerprint density at radius 1 is 1.29 bits per heavy atom. The van der Waals surface area contributed by atoms with E-state index in [2.05, 4.69) is 14.9 Å². The number of aromatic nitrogens is 2. The van der Waals surface area contributed by atoms with Gasteiger partial charge in [-0.15, -0.1) is 0 Å². The van der Waals surface area contributed by atoms with Crippen LogP contribution in [0.4, 0.5) is 11.5 Å². The van der Waals surface area contributed by atoms with Crippen LogP contribution in [0.25, 0.3) is 11.3 Å². The quantitative estimate of drug-likeness (QED) is 0.759. The van der Waals surface area contributed by atoms with Gasteiger partial charge in [-0.25, -0.2) is 8.42 Å². The third-order valence-electron chi connectivity index (χ3n) is 2.10. The molecule has 1 heterocycles. The van der Waals surface area contributed by atoms with E-state index in [9.17, 15) is 8.42 Å². The van der Waals surface area contributed by atoms with Crippen LogP contribution >= 0.6 is 0 Å². The molecule has 1 aromatic carbocycles. The van der Waals surface area contributed by atoms with Crippen molar-refractivity contribution in [3.63, 3.8) is 0 Å². The van der Waals surface area contributed by atoms with E-state index in [-0.39, 0.29) is 0 Å². The topological polar surface area (TPSA) is 101 Å². The lowest BCUT2D eigenvalue weighted by molar-refractivity contribution is 0.607. The lowest BCUT2D eigenvalue weighted by Crippen LogP contribution is -2.09. The summed E-state index contributed by atoms with van der Waals surface area (Å²) in [6.07, 6.45) is 1.11. The van der Waals surface area contributed by atoms with Gasteiger partial charge in [0.25, 0.3) is 0 Å². The van der Waals surface area contributed by atoms with Gasteiger partial charge in [-0.3, -0.25) is 9.82 Å². The molecular formula is C10H12N4O2S. The SMILES string of the molecule is CS(=O)(=O)Nc1ccc(-c2cc(N)n[nH]2)cc1. The van der Waals surface area contributed by atoms with Crippen molar-refractivity contribution in [2.24, 2.45) is 0 Å². The molecule has 90 valence electrons. The summed E-state index contributed by atoms with van der Waals surface area (Å²) in [6, 6.07) is 8.61. The maximum atomic E-state index is 11.0. The normalized spacial score (nSPS) is 11.4. The van der Waals surface area contributed by atoms with E-state index in [0.29, 0.717) is 11.5 Å². The molecule has 0 spiro atoms. The maximum Gasteiger partial charge on any atom is 0.229 e. The number of H-pyrrole nitrogens is 1. The van der Waals surface area contributed by atoms with Crippen LogP contribution in [0.1, 0.15) is 0 Å². The molecule has 1 aromatic heterocycles. The lowest BCUT2D eigenvalue weighted by atomic mass is 10.1. The van der Waals surface area contributed by atoms with Crippen molar-refractivity contribution in [3.8, 4) is 11.3 Å². The Morgan fingerprint density at radius 2 is 1.94 bits per heavy atom. The van der Waals surface area contributed by atoms with Crippen molar-refractivity contribution in [2.45, 2.75) is 0 Å². The molecule has 0 bridgehead atoms. The first-order valence-corrected chi connectivity index (χ1v) is 6.72. The number of benzene rings is 1. The highest BCUT2D eigenvalue weighted by atomic mass is 32.2. The Hall–Kier alpha value is -2.02. The number of hydrogen-bond donors (Lipinski definition) is 3. The number of nitrogens with zero attached hydrogens (tertiary/aromatic N) is 1. The van der Waals surface area contributed by atoms with E-state index in [4.69, 9.17) is 5.73 Å².